The molecule has 58 heavy (non-hydrogen) atoms. The van der Waals surface area contributed by atoms with Gasteiger partial charge in [-0.05, 0) is 109 Å². The van der Waals surface area contributed by atoms with Crippen molar-refractivity contribution in [2.24, 2.45) is 0 Å². The molecule has 0 amide bonds. The van der Waals surface area contributed by atoms with Gasteiger partial charge < -0.3 is 0 Å². The Morgan fingerprint density at radius 2 is 0.569 bits per heavy atom. The Kier molecular flexibility index (Phi) is 11.6. The number of hydrogen-bond donors (Lipinski definition) is 3. The molecule has 0 unspecified atom stereocenters. The van der Waals surface area contributed by atoms with Crippen molar-refractivity contribution in [1.29, 1.82) is 0 Å². The Labute approximate surface area is 337 Å². The van der Waals surface area contributed by atoms with Crippen molar-refractivity contribution in [3.63, 3.8) is 0 Å². The van der Waals surface area contributed by atoms with Crippen LogP contribution in [-0.4, -0.2) is 56.3 Å². The zero-order valence-corrected chi connectivity index (χ0v) is 34.0. The van der Waals surface area contributed by atoms with Gasteiger partial charge in [-0.15, -0.1) is 0 Å². The molecule has 3 N–H and O–H groups in total. The molecule has 0 aliphatic heterocycles. The predicted molar refractivity (Wildman–Crippen MR) is 217 cm³/mol. The van der Waals surface area contributed by atoms with Crippen molar-refractivity contribution in [2.75, 3.05) is 0 Å². The fourth-order valence-electron chi connectivity index (χ4n) is 6.22. The van der Waals surface area contributed by atoms with Crippen LogP contribution in [0.2, 0.25) is 0 Å². The van der Waals surface area contributed by atoms with Gasteiger partial charge in [0.2, 0.25) is 0 Å². The van der Waals surface area contributed by atoms with E-state index >= 15 is 0 Å². The number of rotatable bonds is 12. The van der Waals surface area contributed by atoms with Crippen LogP contribution in [0, 0.1) is 0 Å². The summed E-state index contributed by atoms with van der Waals surface area (Å²) in [5, 5.41) is 0. The minimum Gasteiger partial charge on any atom is -0.295 e. The number of benzene rings is 6. The van der Waals surface area contributed by atoms with E-state index in [1.807, 2.05) is 0 Å². The maximum absolute atomic E-state index is 13.3. The highest BCUT2D eigenvalue weighted by atomic mass is 32.2. The minimum atomic E-state index is -5.19. The number of carbonyl (C=O) groups is 3. The summed E-state index contributed by atoms with van der Waals surface area (Å²) in [7, 11) is -17.7. The molecule has 0 aromatic heterocycles. The van der Waals surface area contributed by atoms with Crippen LogP contribution in [0.5, 0.6) is 0 Å². The lowest BCUT2D eigenvalue weighted by Crippen LogP contribution is -2.17. The van der Waals surface area contributed by atoms with Gasteiger partial charge in [-0.25, -0.2) is 0 Å². The Balaban J connectivity index is 1.67. The summed E-state index contributed by atoms with van der Waals surface area (Å²) in [6.07, 6.45) is 0. The van der Waals surface area contributed by atoms with Gasteiger partial charge in [0.15, 0.2) is 46.7 Å². The van der Waals surface area contributed by atoms with E-state index in [0.717, 1.165) is 18.2 Å². The van der Waals surface area contributed by atoms with E-state index in [-0.39, 0.29) is 48.7 Å². The summed E-state index contributed by atoms with van der Waals surface area (Å²) in [4.78, 5) is 32.5. The number of Topliss-reactive ketones (excluding diaryl/α,β-unsaturated/α-hetero) is 3. The fourth-order valence-corrected chi connectivity index (χ4v) is 11.8. The molecule has 6 aromatic carbocycles. The lowest BCUT2D eigenvalue weighted by Gasteiger charge is -2.17. The fraction of sp³-hybridized carbons (Fsp3) is 0.0714. The summed E-state index contributed by atoms with van der Waals surface area (Å²) >= 11 is 0. The van der Waals surface area contributed by atoms with Gasteiger partial charge >= 0.3 is 0 Å². The van der Waals surface area contributed by atoms with Gasteiger partial charge in [-0.2, -0.15) is 25.3 Å². The SMILES string of the molecule is CC(=O)c1ccc(-c2ccc([S+](c3ccc(-c4ccc(C(C)=O)cc4)cc3S(=O)(=O)O)c3ccc(-c4ccc(C(C)=O)cc4)cc3S(=O)(=O)O)c(S(=O)(=O)O)c2)cc1. The van der Waals surface area contributed by atoms with Crippen LogP contribution in [0.1, 0.15) is 51.8 Å². The van der Waals surface area contributed by atoms with Crippen molar-refractivity contribution in [2.45, 2.75) is 50.1 Å². The number of hydrogen-bond acceptors (Lipinski definition) is 9. The third-order valence-electron chi connectivity index (χ3n) is 9.20. The van der Waals surface area contributed by atoms with Crippen LogP contribution in [0.3, 0.4) is 0 Å². The summed E-state index contributed by atoms with van der Waals surface area (Å²) in [6, 6.07) is 29.8. The molecule has 0 atom stereocenters. The zero-order valence-electron chi connectivity index (χ0n) is 30.8. The molecule has 0 saturated carbocycles. The van der Waals surface area contributed by atoms with Crippen LogP contribution in [0.15, 0.2) is 157 Å². The topological polar surface area (TPSA) is 214 Å². The van der Waals surface area contributed by atoms with Crippen LogP contribution in [0.25, 0.3) is 33.4 Å². The highest BCUT2D eigenvalue weighted by molar-refractivity contribution is 7.99. The monoisotopic (exact) mass is 857 g/mol. The summed E-state index contributed by atoms with van der Waals surface area (Å²) in [6.45, 7) is 4.11. The number of ketones is 3. The van der Waals surface area contributed by atoms with Crippen LogP contribution < -0.4 is 0 Å². The molecular weight excluding hydrogens is 825 g/mol. The standard InChI is InChI=1S/C42H32O12S4/c1-25(43)28-4-10-31(11-5-28)34-16-19-37(40(22-34)56(46,47)48)55(38-20-17-35(23-41(38)57(49,50)51)32-12-6-29(7-13-32)26(2)44)39-21-18-36(24-42(39)58(52,53)54)33-14-8-30(9-15-33)27(3)45/h4-24H,1-3H3,(H2-,46,47,48,49,50,51,52,53,54)/p+1. The molecule has 0 radical (unpaired) electrons. The van der Waals surface area contributed by atoms with Gasteiger partial charge in [-0.1, -0.05) is 72.8 Å². The van der Waals surface area contributed by atoms with Crippen LogP contribution >= 0.6 is 0 Å². The molecule has 12 nitrogen and oxygen atoms in total. The molecule has 0 aliphatic carbocycles. The third kappa shape index (κ3) is 8.93. The van der Waals surface area contributed by atoms with E-state index in [9.17, 15) is 53.3 Å². The molecule has 16 heteroatoms. The second-order valence-corrected chi connectivity index (χ2v) is 19.2. The lowest BCUT2D eigenvalue weighted by atomic mass is 10.0. The van der Waals surface area contributed by atoms with Crippen molar-refractivity contribution in [1.82, 2.24) is 0 Å². The molecule has 6 aromatic rings. The third-order valence-corrected chi connectivity index (χ3v) is 14.7. The largest absolute Gasteiger partial charge is 0.299 e. The smallest absolute Gasteiger partial charge is 0.295 e. The minimum absolute atomic E-state index is 0.216. The van der Waals surface area contributed by atoms with Crippen molar-refractivity contribution < 1.29 is 53.3 Å². The van der Waals surface area contributed by atoms with E-state index in [4.69, 9.17) is 0 Å². The second-order valence-electron chi connectivity index (χ2n) is 13.1. The van der Waals surface area contributed by atoms with E-state index in [0.29, 0.717) is 33.4 Å². The van der Waals surface area contributed by atoms with Crippen LogP contribution in [-0.2, 0) is 41.2 Å². The van der Waals surface area contributed by atoms with E-state index in [2.05, 4.69) is 0 Å². The van der Waals surface area contributed by atoms with Crippen LogP contribution in [0.4, 0.5) is 0 Å². The van der Waals surface area contributed by atoms with Gasteiger partial charge in [0.05, 0.1) is 0 Å². The second kappa shape index (κ2) is 16.0. The molecule has 0 bridgehead atoms. The molecular formula is C42H33O12S4+. The Morgan fingerprint density at radius 1 is 0.362 bits per heavy atom. The Bertz CT molecular complexity index is 2650. The molecule has 296 valence electrons. The van der Waals surface area contributed by atoms with E-state index in [1.54, 1.807) is 36.4 Å². The van der Waals surface area contributed by atoms with Crippen molar-refractivity contribution in [3.05, 3.63) is 144 Å². The average molecular weight is 858 g/mol. The summed E-state index contributed by atoms with van der Waals surface area (Å²) in [5.41, 5.74) is 3.16. The van der Waals surface area contributed by atoms with Gasteiger partial charge in [0.25, 0.3) is 30.4 Å². The maximum atomic E-state index is 13.3. The quantitative estimate of drug-likeness (QED) is 0.0604. The normalized spacial score (nSPS) is 12.1. The summed E-state index contributed by atoms with van der Waals surface area (Å²) < 4.78 is 112. The highest BCUT2D eigenvalue weighted by Gasteiger charge is 2.43. The summed E-state index contributed by atoms with van der Waals surface area (Å²) in [5.74, 6) is -0.647. The molecule has 6 rings (SSSR count). The molecule has 0 heterocycles. The molecule has 0 aliphatic rings. The van der Waals surface area contributed by atoms with Crippen molar-refractivity contribution >= 4 is 58.6 Å². The van der Waals surface area contributed by atoms with E-state index in [1.165, 1.54) is 93.6 Å². The first kappa shape index (κ1) is 42.0. The van der Waals surface area contributed by atoms with Crippen molar-refractivity contribution in [3.8, 4) is 33.4 Å². The molecule has 0 fully saturated rings. The molecule has 0 spiro atoms. The predicted octanol–water partition coefficient (Wildman–Crippen LogP) is 8.13. The Morgan fingerprint density at radius 3 is 0.759 bits per heavy atom. The lowest BCUT2D eigenvalue weighted by molar-refractivity contribution is 0.100. The number of carbonyl (C=O) groups excluding carboxylic acids is 3. The first-order valence-electron chi connectivity index (χ1n) is 17.1. The molecule has 0 saturated heterocycles. The van der Waals surface area contributed by atoms with Gasteiger partial charge in [-0.3, -0.25) is 28.0 Å². The average Bonchev–Trinajstić information content (AvgIpc) is 3.17. The first-order chi connectivity index (χ1) is 27.1. The van der Waals surface area contributed by atoms with Gasteiger partial charge in [0, 0.05) is 16.7 Å². The van der Waals surface area contributed by atoms with E-state index < -0.39 is 55.9 Å². The first-order valence-corrected chi connectivity index (χ1v) is 22.6. The Hall–Kier alpha value is -5.59. The van der Waals surface area contributed by atoms with Gasteiger partial charge in [0.1, 0.15) is 10.9 Å². The zero-order chi connectivity index (χ0) is 42.3. The maximum Gasteiger partial charge on any atom is 0.299 e. The highest BCUT2D eigenvalue weighted by Crippen LogP contribution is 2.44.